The Kier molecular flexibility index (Phi) is 4.90. The molecule has 1 aromatic carbocycles. The molecule has 0 unspecified atom stereocenters. The van der Waals surface area contributed by atoms with Crippen LogP contribution in [0.1, 0.15) is 22.7 Å². The average Bonchev–Trinajstić information content (AvgIpc) is 3.29. The number of hydrogen-bond acceptors (Lipinski definition) is 6. The van der Waals surface area contributed by atoms with Gasteiger partial charge in [0.25, 0.3) is 0 Å². The first-order valence-corrected chi connectivity index (χ1v) is 8.83. The van der Waals surface area contributed by atoms with Crippen LogP contribution >= 0.6 is 0 Å². The summed E-state index contributed by atoms with van der Waals surface area (Å²) in [5, 5.41) is 11.5. The third-order valence-corrected chi connectivity index (χ3v) is 4.59. The smallest absolute Gasteiger partial charge is 0.338 e. The number of rotatable bonds is 5. The van der Waals surface area contributed by atoms with Gasteiger partial charge in [0.15, 0.2) is 0 Å². The van der Waals surface area contributed by atoms with Gasteiger partial charge < -0.3 is 9.84 Å². The Bertz CT molecular complexity index is 964. The Morgan fingerprint density at radius 2 is 2.14 bits per heavy atom. The maximum Gasteiger partial charge on any atom is 0.416 e. The molecule has 0 fully saturated rings. The molecular weight excluding hydrogens is 373 g/mol. The molecule has 2 aromatic heterocycles. The van der Waals surface area contributed by atoms with E-state index in [0.717, 1.165) is 43.0 Å². The average molecular weight is 392 g/mol. The quantitative estimate of drug-likeness (QED) is 0.720. The monoisotopic (exact) mass is 392 g/mol. The minimum atomic E-state index is -4.41. The zero-order valence-electron chi connectivity index (χ0n) is 15.2. The number of hydrogen-bond donors (Lipinski definition) is 1. The number of fused-ring (bicyclic) bond motifs is 1. The lowest BCUT2D eigenvalue weighted by Crippen LogP contribution is -2.29. The highest BCUT2D eigenvalue weighted by Gasteiger charge is 2.30. The van der Waals surface area contributed by atoms with Crippen molar-refractivity contribution < 1.29 is 17.7 Å². The highest BCUT2D eigenvalue weighted by atomic mass is 19.4. The molecule has 3 heterocycles. The van der Waals surface area contributed by atoms with Crippen LogP contribution in [-0.2, 0) is 32.4 Å². The van der Waals surface area contributed by atoms with Gasteiger partial charge in [0, 0.05) is 30.8 Å². The first-order chi connectivity index (χ1) is 13.4. The van der Waals surface area contributed by atoms with E-state index < -0.39 is 11.7 Å². The van der Waals surface area contributed by atoms with Crippen molar-refractivity contribution in [2.75, 3.05) is 13.6 Å². The number of aromatic nitrogens is 4. The first kappa shape index (κ1) is 18.6. The Morgan fingerprint density at radius 3 is 2.96 bits per heavy atom. The molecule has 0 amide bonds. The lowest BCUT2D eigenvalue weighted by Gasteiger charge is -2.18. The predicted octanol–water partition coefficient (Wildman–Crippen LogP) is 2.69. The molecule has 0 radical (unpaired) electrons. The minimum Gasteiger partial charge on any atom is -0.338 e. The fourth-order valence-corrected chi connectivity index (χ4v) is 3.22. The zero-order valence-corrected chi connectivity index (χ0v) is 15.2. The molecular formula is C18H19F3N6O. The molecule has 1 aliphatic rings. The topological polar surface area (TPSA) is 72.0 Å². The number of nitrogens with one attached hydrogen (secondary N) is 1. The van der Waals surface area contributed by atoms with Crippen LogP contribution in [0.4, 0.5) is 13.2 Å². The van der Waals surface area contributed by atoms with E-state index in [1.807, 2.05) is 22.8 Å². The van der Waals surface area contributed by atoms with Crippen molar-refractivity contribution in [1.82, 2.24) is 30.1 Å². The highest BCUT2D eigenvalue weighted by Crippen LogP contribution is 2.31. The van der Waals surface area contributed by atoms with Crippen LogP contribution in [-0.4, -0.2) is 38.4 Å². The molecule has 0 saturated carbocycles. The Morgan fingerprint density at radius 1 is 1.29 bits per heavy atom. The fraction of sp³-hybridized carbons (Fsp3) is 0.389. The third kappa shape index (κ3) is 3.92. The SMILES string of the molecule is CN(Cc1nc(-c2cccc(C(F)(F)F)c2)no1)Cc1cnn2c1CNCC2. The molecule has 0 saturated heterocycles. The first-order valence-electron chi connectivity index (χ1n) is 8.83. The van der Waals surface area contributed by atoms with Crippen LogP contribution in [0, 0.1) is 0 Å². The summed E-state index contributed by atoms with van der Waals surface area (Å²) in [6, 6.07) is 4.89. The van der Waals surface area contributed by atoms with E-state index in [4.69, 9.17) is 4.52 Å². The van der Waals surface area contributed by atoms with Gasteiger partial charge in [-0.1, -0.05) is 17.3 Å². The van der Waals surface area contributed by atoms with Crippen molar-refractivity contribution in [3.05, 3.63) is 53.2 Å². The standard InChI is InChI=1S/C18H19F3N6O/c1-26(10-13-8-23-27-6-5-22-9-15(13)27)11-16-24-17(25-28-16)12-3-2-4-14(7-12)18(19,20)21/h2-4,7-8,22H,5-6,9-11H2,1H3. The van der Waals surface area contributed by atoms with Crippen molar-refractivity contribution in [1.29, 1.82) is 0 Å². The summed E-state index contributed by atoms with van der Waals surface area (Å²) < 4.78 is 45.9. The number of benzene rings is 1. The van der Waals surface area contributed by atoms with Gasteiger partial charge in [0.05, 0.1) is 30.5 Å². The van der Waals surface area contributed by atoms with Gasteiger partial charge in [-0.25, -0.2) is 0 Å². The van der Waals surface area contributed by atoms with E-state index in [1.54, 1.807) is 0 Å². The minimum absolute atomic E-state index is 0.140. The van der Waals surface area contributed by atoms with Crippen molar-refractivity contribution in [2.24, 2.45) is 0 Å². The maximum absolute atomic E-state index is 12.9. The van der Waals surface area contributed by atoms with Crippen LogP contribution in [0.15, 0.2) is 35.0 Å². The molecule has 3 aromatic rings. The van der Waals surface area contributed by atoms with Crippen LogP contribution in [0.2, 0.25) is 0 Å². The number of nitrogens with zero attached hydrogens (tertiary/aromatic N) is 5. The van der Waals surface area contributed by atoms with Crippen LogP contribution in [0.5, 0.6) is 0 Å². The summed E-state index contributed by atoms with van der Waals surface area (Å²) >= 11 is 0. The second-order valence-corrected chi connectivity index (χ2v) is 6.78. The predicted molar refractivity (Wildman–Crippen MR) is 93.8 cm³/mol. The summed E-state index contributed by atoms with van der Waals surface area (Å²) in [6.07, 6.45) is -2.55. The normalized spacial score (nSPS) is 14.5. The molecule has 7 nitrogen and oxygen atoms in total. The fourth-order valence-electron chi connectivity index (χ4n) is 3.22. The Hall–Kier alpha value is -2.72. The second kappa shape index (κ2) is 7.36. The van der Waals surface area contributed by atoms with Gasteiger partial charge in [-0.2, -0.15) is 23.3 Å². The van der Waals surface area contributed by atoms with E-state index in [0.29, 0.717) is 19.0 Å². The third-order valence-electron chi connectivity index (χ3n) is 4.59. The van der Waals surface area contributed by atoms with Crippen LogP contribution in [0.25, 0.3) is 11.4 Å². The highest BCUT2D eigenvalue weighted by molar-refractivity contribution is 5.55. The molecule has 4 rings (SSSR count). The number of alkyl halides is 3. The summed E-state index contributed by atoms with van der Waals surface area (Å²) in [6.45, 7) is 3.57. The molecule has 0 spiro atoms. The van der Waals surface area contributed by atoms with Gasteiger partial charge >= 0.3 is 6.18 Å². The van der Waals surface area contributed by atoms with Crippen LogP contribution in [0.3, 0.4) is 0 Å². The molecule has 10 heteroatoms. The zero-order chi connectivity index (χ0) is 19.7. The van der Waals surface area contributed by atoms with E-state index in [-0.39, 0.29) is 11.4 Å². The lowest BCUT2D eigenvalue weighted by molar-refractivity contribution is -0.137. The summed E-state index contributed by atoms with van der Waals surface area (Å²) in [4.78, 5) is 6.24. The van der Waals surface area contributed by atoms with E-state index >= 15 is 0 Å². The Balaban J connectivity index is 1.44. The maximum atomic E-state index is 12.9. The van der Waals surface area contributed by atoms with Crippen molar-refractivity contribution >= 4 is 0 Å². The van der Waals surface area contributed by atoms with E-state index in [1.165, 1.54) is 12.1 Å². The van der Waals surface area contributed by atoms with E-state index in [9.17, 15) is 13.2 Å². The van der Waals surface area contributed by atoms with Crippen LogP contribution < -0.4 is 5.32 Å². The summed E-state index contributed by atoms with van der Waals surface area (Å²) in [5.41, 5.74) is 1.80. The molecule has 28 heavy (non-hydrogen) atoms. The molecule has 1 N–H and O–H groups in total. The number of halogens is 3. The molecule has 0 aliphatic carbocycles. The molecule has 148 valence electrons. The van der Waals surface area contributed by atoms with Gasteiger partial charge in [-0.3, -0.25) is 9.58 Å². The van der Waals surface area contributed by atoms with Gasteiger partial charge in [0.2, 0.25) is 11.7 Å². The second-order valence-electron chi connectivity index (χ2n) is 6.78. The van der Waals surface area contributed by atoms with E-state index in [2.05, 4.69) is 20.6 Å². The van der Waals surface area contributed by atoms with Crippen molar-refractivity contribution in [3.63, 3.8) is 0 Å². The molecule has 1 aliphatic heterocycles. The largest absolute Gasteiger partial charge is 0.416 e. The Labute approximate surface area is 159 Å². The van der Waals surface area contributed by atoms with Crippen molar-refractivity contribution in [3.8, 4) is 11.4 Å². The van der Waals surface area contributed by atoms with Gasteiger partial charge in [-0.05, 0) is 19.2 Å². The molecule has 0 atom stereocenters. The summed E-state index contributed by atoms with van der Waals surface area (Å²) in [7, 11) is 1.91. The lowest BCUT2D eigenvalue weighted by atomic mass is 10.1. The molecule has 0 bridgehead atoms. The van der Waals surface area contributed by atoms with Crippen molar-refractivity contribution in [2.45, 2.75) is 32.4 Å². The van der Waals surface area contributed by atoms with Gasteiger partial charge in [-0.15, -0.1) is 0 Å². The van der Waals surface area contributed by atoms with Gasteiger partial charge in [0.1, 0.15) is 0 Å². The summed E-state index contributed by atoms with van der Waals surface area (Å²) in [5.74, 6) is 0.482.